The highest BCUT2D eigenvalue weighted by Gasteiger charge is 2.12. The van der Waals surface area contributed by atoms with Crippen LogP contribution in [0.5, 0.6) is 5.75 Å². The first kappa shape index (κ1) is 14.7. The van der Waals surface area contributed by atoms with Crippen molar-refractivity contribution >= 4 is 27.5 Å². The molecule has 106 valence electrons. The summed E-state index contributed by atoms with van der Waals surface area (Å²) in [4.78, 5) is 12.2. The van der Waals surface area contributed by atoms with Gasteiger partial charge in [-0.1, -0.05) is 0 Å². The molecule has 0 aliphatic carbocycles. The number of aryl methyl sites for hydroxylation is 1. The van der Waals surface area contributed by atoms with Crippen LogP contribution >= 0.6 is 15.9 Å². The molecule has 0 aliphatic rings. The van der Waals surface area contributed by atoms with Crippen LogP contribution in [0.3, 0.4) is 0 Å². The monoisotopic (exact) mass is 336 g/mol. The highest BCUT2D eigenvalue weighted by atomic mass is 79.9. The molecule has 0 bridgehead atoms. The van der Waals surface area contributed by atoms with E-state index in [0.717, 1.165) is 22.5 Å². The third kappa shape index (κ3) is 3.42. The molecule has 1 N–H and O–H groups in total. The van der Waals surface area contributed by atoms with Gasteiger partial charge in [0.25, 0.3) is 5.91 Å². The molecule has 0 radical (unpaired) electrons. The summed E-state index contributed by atoms with van der Waals surface area (Å²) in [6.45, 7) is 5.31. The van der Waals surface area contributed by atoms with Crippen LogP contribution in [0.25, 0.3) is 0 Å². The van der Waals surface area contributed by atoms with Crippen molar-refractivity contribution in [1.82, 2.24) is 4.57 Å². The first-order valence-electron chi connectivity index (χ1n) is 6.54. The zero-order chi connectivity index (χ0) is 14.5. The second kappa shape index (κ2) is 6.61. The van der Waals surface area contributed by atoms with Crippen molar-refractivity contribution in [3.8, 4) is 5.75 Å². The van der Waals surface area contributed by atoms with Gasteiger partial charge < -0.3 is 14.6 Å². The van der Waals surface area contributed by atoms with Gasteiger partial charge in [-0.25, -0.2) is 0 Å². The number of anilines is 1. The van der Waals surface area contributed by atoms with Gasteiger partial charge in [-0.05, 0) is 60.1 Å². The standard InChI is InChI=1S/C15H17BrN2O2/c1-3-18-10-11(16)9-14(18)15(19)17-12-5-7-13(8-6-12)20-4-2/h5-10H,3-4H2,1-2H3,(H,17,19). The number of halogens is 1. The number of ether oxygens (including phenoxy) is 1. The molecule has 2 rings (SSSR count). The maximum absolute atomic E-state index is 12.2. The molecule has 0 aliphatic heterocycles. The summed E-state index contributed by atoms with van der Waals surface area (Å²) < 4.78 is 8.16. The molecule has 1 aromatic carbocycles. The molecule has 4 nitrogen and oxygen atoms in total. The van der Waals surface area contributed by atoms with Crippen molar-refractivity contribution in [3.05, 3.63) is 46.7 Å². The fourth-order valence-corrected chi connectivity index (χ4v) is 2.39. The van der Waals surface area contributed by atoms with Crippen molar-refractivity contribution < 1.29 is 9.53 Å². The quantitative estimate of drug-likeness (QED) is 0.899. The first-order chi connectivity index (χ1) is 9.63. The van der Waals surface area contributed by atoms with Gasteiger partial charge in [-0.3, -0.25) is 4.79 Å². The topological polar surface area (TPSA) is 43.3 Å². The summed E-state index contributed by atoms with van der Waals surface area (Å²) in [5, 5.41) is 2.88. The SMILES string of the molecule is CCOc1ccc(NC(=O)c2cc(Br)cn2CC)cc1. The van der Waals surface area contributed by atoms with Crippen LogP contribution in [0, 0.1) is 0 Å². The second-order valence-electron chi connectivity index (χ2n) is 4.24. The lowest BCUT2D eigenvalue weighted by Gasteiger charge is -2.08. The minimum atomic E-state index is -0.123. The smallest absolute Gasteiger partial charge is 0.272 e. The van der Waals surface area contributed by atoms with Crippen LogP contribution in [0.1, 0.15) is 24.3 Å². The van der Waals surface area contributed by atoms with Crippen molar-refractivity contribution in [1.29, 1.82) is 0 Å². The highest BCUT2D eigenvalue weighted by Crippen LogP contribution is 2.19. The van der Waals surface area contributed by atoms with E-state index >= 15 is 0 Å². The summed E-state index contributed by atoms with van der Waals surface area (Å²) in [7, 11) is 0. The Morgan fingerprint density at radius 2 is 2.00 bits per heavy atom. The maximum atomic E-state index is 12.2. The summed E-state index contributed by atoms with van der Waals surface area (Å²) in [5.74, 6) is 0.673. The Balaban J connectivity index is 2.10. The van der Waals surface area contributed by atoms with E-state index in [-0.39, 0.29) is 5.91 Å². The molecule has 0 unspecified atom stereocenters. The molecule has 0 saturated heterocycles. The third-order valence-corrected chi connectivity index (χ3v) is 3.29. The van der Waals surface area contributed by atoms with E-state index in [0.29, 0.717) is 12.3 Å². The number of hydrogen-bond acceptors (Lipinski definition) is 2. The summed E-state index contributed by atoms with van der Waals surface area (Å²) in [6, 6.07) is 9.16. The molecule has 1 heterocycles. The Labute approximate surface area is 126 Å². The molecular weight excluding hydrogens is 320 g/mol. The van der Waals surface area contributed by atoms with Gasteiger partial charge in [-0.2, -0.15) is 0 Å². The van der Waals surface area contributed by atoms with Gasteiger partial charge >= 0.3 is 0 Å². The Morgan fingerprint density at radius 3 is 2.60 bits per heavy atom. The van der Waals surface area contributed by atoms with Gasteiger partial charge in [0.05, 0.1) is 6.61 Å². The Kier molecular flexibility index (Phi) is 4.84. The van der Waals surface area contributed by atoms with E-state index in [2.05, 4.69) is 21.2 Å². The Hall–Kier alpha value is -1.75. The fraction of sp³-hybridized carbons (Fsp3) is 0.267. The summed E-state index contributed by atoms with van der Waals surface area (Å²) in [6.07, 6.45) is 1.90. The summed E-state index contributed by atoms with van der Waals surface area (Å²) in [5.41, 5.74) is 1.38. The van der Waals surface area contributed by atoms with Crippen molar-refractivity contribution in [2.75, 3.05) is 11.9 Å². The third-order valence-electron chi connectivity index (χ3n) is 2.86. The molecule has 1 amide bonds. The molecule has 0 atom stereocenters. The number of carbonyl (C=O) groups is 1. The van der Waals surface area contributed by atoms with Crippen LogP contribution in [0.4, 0.5) is 5.69 Å². The lowest BCUT2D eigenvalue weighted by atomic mass is 10.3. The van der Waals surface area contributed by atoms with E-state index in [1.54, 1.807) is 0 Å². The van der Waals surface area contributed by atoms with Gasteiger partial charge in [0.2, 0.25) is 0 Å². The highest BCUT2D eigenvalue weighted by molar-refractivity contribution is 9.10. The lowest BCUT2D eigenvalue weighted by Crippen LogP contribution is -2.16. The van der Waals surface area contributed by atoms with Gasteiger partial charge in [0, 0.05) is 22.9 Å². The molecular formula is C15H17BrN2O2. The largest absolute Gasteiger partial charge is 0.494 e. The van der Waals surface area contributed by atoms with E-state index in [4.69, 9.17) is 4.74 Å². The average molecular weight is 337 g/mol. The average Bonchev–Trinajstić information content (AvgIpc) is 2.82. The molecule has 2 aromatic rings. The number of nitrogens with one attached hydrogen (secondary N) is 1. The van der Waals surface area contributed by atoms with Crippen LogP contribution in [-0.4, -0.2) is 17.1 Å². The predicted octanol–water partition coefficient (Wildman–Crippen LogP) is 3.92. The van der Waals surface area contributed by atoms with E-state index < -0.39 is 0 Å². The van der Waals surface area contributed by atoms with Gasteiger partial charge in [-0.15, -0.1) is 0 Å². The van der Waals surface area contributed by atoms with Crippen molar-refractivity contribution in [2.24, 2.45) is 0 Å². The number of hydrogen-bond donors (Lipinski definition) is 1. The van der Waals surface area contributed by atoms with Crippen LogP contribution < -0.4 is 10.1 Å². The van der Waals surface area contributed by atoms with Gasteiger partial charge in [0.1, 0.15) is 11.4 Å². The molecule has 1 aromatic heterocycles. The van der Waals surface area contributed by atoms with Crippen LogP contribution in [0.15, 0.2) is 41.0 Å². The number of nitrogens with zero attached hydrogens (tertiary/aromatic N) is 1. The zero-order valence-corrected chi connectivity index (χ0v) is 13.1. The second-order valence-corrected chi connectivity index (χ2v) is 5.16. The number of aromatic nitrogens is 1. The van der Waals surface area contributed by atoms with E-state index in [1.807, 2.05) is 54.9 Å². The first-order valence-corrected chi connectivity index (χ1v) is 7.33. The van der Waals surface area contributed by atoms with Crippen molar-refractivity contribution in [2.45, 2.75) is 20.4 Å². The van der Waals surface area contributed by atoms with E-state index in [9.17, 15) is 4.79 Å². The van der Waals surface area contributed by atoms with Crippen LogP contribution in [-0.2, 0) is 6.54 Å². The lowest BCUT2D eigenvalue weighted by molar-refractivity contribution is 0.101. The number of amides is 1. The minimum Gasteiger partial charge on any atom is -0.494 e. The number of carbonyl (C=O) groups excluding carboxylic acids is 1. The number of rotatable bonds is 5. The van der Waals surface area contributed by atoms with Crippen molar-refractivity contribution in [3.63, 3.8) is 0 Å². The zero-order valence-electron chi connectivity index (χ0n) is 11.5. The fourth-order valence-electron chi connectivity index (χ4n) is 1.92. The maximum Gasteiger partial charge on any atom is 0.272 e. The number of benzene rings is 1. The van der Waals surface area contributed by atoms with Gasteiger partial charge in [0.15, 0.2) is 0 Å². The normalized spacial score (nSPS) is 10.3. The molecule has 0 spiro atoms. The Morgan fingerprint density at radius 1 is 1.30 bits per heavy atom. The molecule has 0 fully saturated rings. The predicted molar refractivity (Wildman–Crippen MR) is 83.4 cm³/mol. The minimum absolute atomic E-state index is 0.123. The molecule has 0 saturated carbocycles. The molecule has 5 heteroatoms. The Bertz CT molecular complexity index is 590. The summed E-state index contributed by atoms with van der Waals surface area (Å²) >= 11 is 3.39. The van der Waals surface area contributed by atoms with Crippen LogP contribution in [0.2, 0.25) is 0 Å². The molecule has 20 heavy (non-hydrogen) atoms. The van der Waals surface area contributed by atoms with E-state index in [1.165, 1.54) is 0 Å².